The number of rotatable bonds is 4. The predicted octanol–water partition coefficient (Wildman–Crippen LogP) is 5.89. The summed E-state index contributed by atoms with van der Waals surface area (Å²) in [7, 11) is -3.48. The van der Waals surface area contributed by atoms with E-state index in [1.165, 1.54) is 0 Å². The number of hydrogen-bond acceptors (Lipinski definition) is 0. The van der Waals surface area contributed by atoms with Crippen LogP contribution >= 0.6 is 45.9 Å². The van der Waals surface area contributed by atoms with Crippen LogP contribution in [0.2, 0.25) is 58.9 Å². The van der Waals surface area contributed by atoms with Crippen LogP contribution < -0.4 is 0 Å². The molecule has 0 bridgehead atoms. The standard InChI is InChI=1S/C9H27Br3Si5/c1-13(2,3)17(14(4,5)6,15(7,8)9)16(10,11)12/h1-9H3. The van der Waals surface area contributed by atoms with Gasteiger partial charge in [0.1, 0.15) is 0 Å². The second kappa shape index (κ2) is 5.38. The van der Waals surface area contributed by atoms with Crippen molar-refractivity contribution < 1.29 is 0 Å². The zero-order valence-electron chi connectivity index (χ0n) is 12.6. The van der Waals surface area contributed by atoms with Crippen molar-refractivity contribution in [3.8, 4) is 0 Å². The van der Waals surface area contributed by atoms with Gasteiger partial charge in [-0.05, 0) is 0 Å². The fraction of sp³-hybridized carbons (Fsp3) is 1.00. The van der Waals surface area contributed by atoms with Gasteiger partial charge in [-0.15, -0.1) is 45.9 Å². The fourth-order valence-corrected chi connectivity index (χ4v) is 270. The van der Waals surface area contributed by atoms with Crippen LogP contribution in [0.25, 0.3) is 0 Å². The molecular formula is C9H27Br3Si5. The van der Waals surface area contributed by atoms with Gasteiger partial charge in [0.15, 0.2) is 0 Å². The number of halogens is 3. The Morgan fingerprint density at radius 1 is 0.471 bits per heavy atom. The van der Waals surface area contributed by atoms with Gasteiger partial charge in [0, 0.05) is 22.8 Å². The molecule has 0 atom stereocenters. The molecule has 0 aromatic carbocycles. The zero-order chi connectivity index (χ0) is 14.5. The van der Waals surface area contributed by atoms with E-state index in [2.05, 4.69) is 105 Å². The quantitative estimate of drug-likeness (QED) is 0.324. The molecule has 0 N–H and O–H groups in total. The lowest BCUT2D eigenvalue weighted by molar-refractivity contribution is 1.76. The molecule has 0 fully saturated rings. The molecule has 0 aliphatic heterocycles. The van der Waals surface area contributed by atoms with Gasteiger partial charge in [-0.2, -0.15) is 0 Å². The summed E-state index contributed by atoms with van der Waals surface area (Å²) in [6.45, 7) is 23.6. The van der Waals surface area contributed by atoms with E-state index in [0.29, 0.717) is 0 Å². The van der Waals surface area contributed by atoms with E-state index < -0.39 is 32.4 Å². The first kappa shape index (κ1) is 19.5. The molecule has 0 saturated carbocycles. The van der Waals surface area contributed by atoms with Gasteiger partial charge in [0.05, 0.1) is 6.14 Å². The van der Waals surface area contributed by atoms with Crippen molar-refractivity contribution in [3.63, 3.8) is 0 Å². The highest BCUT2D eigenvalue weighted by atomic mass is 80.0. The molecule has 0 saturated heterocycles. The molecule has 0 aliphatic carbocycles. The summed E-state index contributed by atoms with van der Waals surface area (Å²) in [6, 6.07) is 0. The van der Waals surface area contributed by atoms with Crippen LogP contribution in [0, 0.1) is 0 Å². The molecule has 0 rings (SSSR count). The van der Waals surface area contributed by atoms with Crippen LogP contribution in [0.1, 0.15) is 0 Å². The normalized spacial score (nSPS) is 16.2. The Labute approximate surface area is 136 Å². The van der Waals surface area contributed by atoms with E-state index in [1.807, 2.05) is 0 Å². The van der Waals surface area contributed by atoms with Gasteiger partial charge in [0.2, 0.25) is 3.45 Å². The predicted molar refractivity (Wildman–Crippen MR) is 108 cm³/mol. The Kier molecular flexibility index (Phi) is 6.18. The molecule has 0 aliphatic rings. The van der Waals surface area contributed by atoms with E-state index in [1.54, 1.807) is 0 Å². The smallest absolute Gasteiger partial charge is 0.101 e. The molecular weight excluding hydrogens is 488 g/mol. The minimum absolute atomic E-state index is 1.16. The highest BCUT2D eigenvalue weighted by molar-refractivity contribution is 9.75. The summed E-state index contributed by atoms with van der Waals surface area (Å²) in [5.74, 6) is 0. The van der Waals surface area contributed by atoms with Gasteiger partial charge in [-0.3, -0.25) is 0 Å². The fourth-order valence-electron chi connectivity index (χ4n) is 4.65. The molecule has 8 heteroatoms. The topological polar surface area (TPSA) is 0 Å². The lowest BCUT2D eigenvalue weighted by atomic mass is 11.8. The van der Waals surface area contributed by atoms with E-state index in [0.717, 1.165) is 0 Å². The molecule has 0 nitrogen and oxygen atoms in total. The van der Waals surface area contributed by atoms with Gasteiger partial charge < -0.3 is 0 Å². The maximum absolute atomic E-state index is 4.15. The highest BCUT2D eigenvalue weighted by Gasteiger charge is 2.71. The maximum atomic E-state index is 4.15. The van der Waals surface area contributed by atoms with Crippen LogP contribution in [0.15, 0.2) is 0 Å². The third-order valence-corrected chi connectivity index (χ3v) is 151. The third-order valence-electron chi connectivity index (χ3n) is 3.80. The first-order valence-electron chi connectivity index (χ1n) is 6.07. The minimum atomic E-state index is -1.58. The molecule has 0 spiro atoms. The van der Waals surface area contributed by atoms with Crippen molar-refractivity contribution in [2.45, 2.75) is 58.9 Å². The Hall–Kier alpha value is 2.52. The molecule has 0 aromatic rings. The van der Waals surface area contributed by atoms with Crippen LogP contribution in [-0.4, -0.2) is 32.4 Å². The molecule has 0 aromatic heterocycles. The van der Waals surface area contributed by atoms with Crippen molar-refractivity contribution in [1.82, 2.24) is 0 Å². The van der Waals surface area contributed by atoms with Crippen molar-refractivity contribution in [2.75, 3.05) is 0 Å². The summed E-state index contributed by atoms with van der Waals surface area (Å²) in [5, 5.41) is 0. The largest absolute Gasteiger partial charge is 0.247 e. The first-order valence-corrected chi connectivity index (χ1v) is 31.3. The van der Waals surface area contributed by atoms with Crippen molar-refractivity contribution >= 4 is 78.2 Å². The molecule has 17 heavy (non-hydrogen) atoms. The van der Waals surface area contributed by atoms with Gasteiger partial charge in [-0.25, -0.2) is 0 Å². The van der Waals surface area contributed by atoms with E-state index in [-0.39, 0.29) is 0 Å². The first-order chi connectivity index (χ1) is 7.00. The van der Waals surface area contributed by atoms with Crippen LogP contribution in [0.5, 0.6) is 0 Å². The second-order valence-electron chi connectivity index (χ2n) is 8.00. The van der Waals surface area contributed by atoms with E-state index >= 15 is 0 Å². The maximum Gasteiger partial charge on any atom is 0.247 e. The Morgan fingerprint density at radius 3 is 0.647 bits per heavy atom. The Morgan fingerprint density at radius 2 is 0.647 bits per heavy atom. The zero-order valence-corrected chi connectivity index (χ0v) is 22.4. The highest BCUT2D eigenvalue weighted by Crippen LogP contribution is 2.50. The molecule has 0 unspecified atom stereocenters. The van der Waals surface area contributed by atoms with Crippen LogP contribution in [-0.2, 0) is 0 Å². The molecule has 0 heterocycles. The van der Waals surface area contributed by atoms with Crippen LogP contribution in [0.3, 0.4) is 0 Å². The van der Waals surface area contributed by atoms with E-state index in [4.69, 9.17) is 0 Å². The van der Waals surface area contributed by atoms with Crippen molar-refractivity contribution in [3.05, 3.63) is 0 Å². The number of hydrogen-bond donors (Lipinski definition) is 0. The minimum Gasteiger partial charge on any atom is -0.101 e. The summed E-state index contributed by atoms with van der Waals surface area (Å²) in [5.41, 5.74) is 0. The van der Waals surface area contributed by atoms with Gasteiger partial charge in [0.25, 0.3) is 0 Å². The Bertz CT molecular complexity index is 217. The summed E-state index contributed by atoms with van der Waals surface area (Å²) in [4.78, 5) is 0. The Balaban J connectivity index is 6.37. The molecule has 0 radical (unpaired) electrons. The SMILES string of the molecule is C[Si](C)(C)[Si]([Si](C)(C)C)([Si](C)(C)C)[Si](Br)(Br)Br. The average molecular weight is 515 g/mol. The van der Waals surface area contributed by atoms with Gasteiger partial charge in [-0.1, -0.05) is 58.9 Å². The summed E-state index contributed by atoms with van der Waals surface area (Å²) < 4.78 is -1.58. The lowest BCUT2D eigenvalue weighted by Gasteiger charge is -2.60. The summed E-state index contributed by atoms with van der Waals surface area (Å²) >= 11 is 12.4. The second-order valence-corrected chi connectivity index (χ2v) is 84.6. The average Bonchev–Trinajstić information content (AvgIpc) is 1.67. The van der Waals surface area contributed by atoms with Crippen molar-refractivity contribution in [1.29, 1.82) is 0 Å². The summed E-state index contributed by atoms with van der Waals surface area (Å²) in [6.07, 6.45) is -1.30. The molecule has 104 valence electrons. The third kappa shape index (κ3) is 3.41. The van der Waals surface area contributed by atoms with Crippen molar-refractivity contribution in [2.24, 2.45) is 0 Å². The van der Waals surface area contributed by atoms with E-state index in [9.17, 15) is 0 Å². The molecule has 0 amide bonds. The van der Waals surface area contributed by atoms with Gasteiger partial charge >= 0.3 is 0 Å². The monoisotopic (exact) mass is 512 g/mol. The lowest BCUT2D eigenvalue weighted by Crippen LogP contribution is -2.90. The van der Waals surface area contributed by atoms with Crippen LogP contribution in [0.4, 0.5) is 0 Å².